The summed E-state index contributed by atoms with van der Waals surface area (Å²) in [6, 6.07) is 18.2. The number of carboxylic acid groups (broad SMARTS) is 4. The van der Waals surface area contributed by atoms with Gasteiger partial charge in [-0.3, -0.25) is 19.2 Å². The molecule has 0 aromatic heterocycles. The second-order valence-corrected chi connectivity index (χ2v) is 13.4. The predicted molar refractivity (Wildman–Crippen MR) is 207 cm³/mol. The van der Waals surface area contributed by atoms with Crippen LogP contribution >= 0.6 is 0 Å². The third-order valence-corrected chi connectivity index (χ3v) is 8.74. The number of rotatable bonds is 17. The molecule has 0 saturated carbocycles. The lowest BCUT2D eigenvalue weighted by molar-refractivity contribution is -0.138. The highest BCUT2D eigenvalue weighted by Crippen LogP contribution is 2.44. The molecule has 2 aliphatic rings. The van der Waals surface area contributed by atoms with Crippen molar-refractivity contribution in [2.75, 3.05) is 82.3 Å². The van der Waals surface area contributed by atoms with Crippen molar-refractivity contribution in [2.45, 2.75) is 6.92 Å². The monoisotopic (exact) mass is 773 g/mol. The molecule has 1 aliphatic heterocycles. The Hall–Kier alpha value is -6.84. The first-order chi connectivity index (χ1) is 26.5. The van der Waals surface area contributed by atoms with Crippen molar-refractivity contribution in [1.82, 2.24) is 4.58 Å². The molecule has 1 heterocycles. The van der Waals surface area contributed by atoms with Gasteiger partial charge in [0.05, 0.1) is 17.4 Å². The Balaban J connectivity index is 1.62. The van der Waals surface area contributed by atoms with Gasteiger partial charge in [-0.25, -0.2) is 8.97 Å². The van der Waals surface area contributed by atoms with Crippen LogP contribution in [0.1, 0.15) is 5.56 Å². The topological polar surface area (TPSA) is 194 Å². The van der Waals surface area contributed by atoms with E-state index in [4.69, 9.17) is 13.9 Å². The van der Waals surface area contributed by atoms with Gasteiger partial charge in [-0.15, -0.1) is 0 Å². The summed E-state index contributed by atoms with van der Waals surface area (Å²) < 4.78 is 37.0. The molecule has 0 radical (unpaired) electrons. The molecule has 0 unspecified atom stereocenters. The van der Waals surface area contributed by atoms with Crippen LogP contribution in [0.4, 0.5) is 21.5 Å². The van der Waals surface area contributed by atoms with Crippen LogP contribution in [0.25, 0.3) is 33.4 Å². The van der Waals surface area contributed by atoms with Crippen LogP contribution in [0.3, 0.4) is 0 Å². The Morgan fingerprint density at radius 2 is 1.27 bits per heavy atom. The summed E-state index contributed by atoms with van der Waals surface area (Å²) in [7, 11) is 7.50. The number of benzene rings is 4. The maximum atomic E-state index is 16.6. The molecule has 0 fully saturated rings. The largest absolute Gasteiger partial charge is 0.488 e. The van der Waals surface area contributed by atoms with Crippen LogP contribution in [-0.4, -0.2) is 112 Å². The normalized spacial score (nSPS) is 11.0. The van der Waals surface area contributed by atoms with Crippen molar-refractivity contribution < 1.29 is 57.9 Å². The highest BCUT2D eigenvalue weighted by molar-refractivity contribution is 6.03. The van der Waals surface area contributed by atoms with Crippen LogP contribution in [0.15, 0.2) is 71.1 Å². The van der Waals surface area contributed by atoms with Gasteiger partial charge in [-0.1, -0.05) is 6.07 Å². The molecule has 294 valence electrons. The lowest BCUT2D eigenvalue weighted by Crippen LogP contribution is -2.35. The molecular weight excluding hydrogens is 731 g/mol. The molecule has 0 bridgehead atoms. The summed E-state index contributed by atoms with van der Waals surface area (Å²) in [5, 5.41) is 39.6. The van der Waals surface area contributed by atoms with Gasteiger partial charge in [0.15, 0.2) is 0 Å². The maximum Gasteiger partial charge on any atom is 0.323 e. The average molecular weight is 774 g/mol. The zero-order chi connectivity index (χ0) is 40.8. The first kappa shape index (κ1) is 40.3. The fourth-order valence-corrected chi connectivity index (χ4v) is 6.22. The van der Waals surface area contributed by atoms with Crippen molar-refractivity contribution in [1.29, 1.82) is 0 Å². The summed E-state index contributed by atoms with van der Waals surface area (Å²) in [5.74, 6) is -5.43. The number of anilines is 3. The number of hydrogen-bond donors (Lipinski definition) is 4. The van der Waals surface area contributed by atoms with E-state index in [-0.39, 0.29) is 41.7 Å². The number of aryl methyl sites for hydroxylation is 1. The number of hydrogen-bond acceptors (Lipinski definition) is 10. The van der Waals surface area contributed by atoms with Crippen LogP contribution in [-0.2, 0) is 19.2 Å². The van der Waals surface area contributed by atoms with Gasteiger partial charge in [0.2, 0.25) is 5.36 Å². The van der Waals surface area contributed by atoms with E-state index >= 15 is 4.39 Å². The zero-order valence-electron chi connectivity index (χ0n) is 31.4. The van der Waals surface area contributed by atoms with E-state index in [2.05, 4.69) is 0 Å². The van der Waals surface area contributed by atoms with Crippen LogP contribution in [0.5, 0.6) is 11.5 Å². The fraction of sp³-hybridized carbons (Fsp3) is 0.275. The Morgan fingerprint density at radius 1 is 0.696 bits per heavy atom. The second kappa shape index (κ2) is 17.1. The van der Waals surface area contributed by atoms with Crippen LogP contribution in [0, 0.1) is 12.7 Å². The molecule has 5 rings (SSSR count). The van der Waals surface area contributed by atoms with E-state index in [9.17, 15) is 39.6 Å². The average Bonchev–Trinajstić information content (AvgIpc) is 3.11. The number of carboxylic acids is 4. The van der Waals surface area contributed by atoms with Gasteiger partial charge in [0.25, 0.3) is 0 Å². The minimum absolute atomic E-state index is 0.0488. The highest BCUT2D eigenvalue weighted by atomic mass is 19.1. The third kappa shape index (κ3) is 9.44. The highest BCUT2D eigenvalue weighted by Gasteiger charge is 2.26. The SMILES string of the molecule is Cc1ccc(N(CC(=O)O)CC(=O)O)c(OCCOc2cc(-c3c4ccc(=[N+](C)C)cc-4oc4cc(N(C)C)ccc34)c(F)cc2N(CC(=O)O)CC(=O)O)c1. The Kier molecular flexibility index (Phi) is 12.3. The van der Waals surface area contributed by atoms with Crippen LogP contribution < -0.4 is 34.1 Å². The van der Waals surface area contributed by atoms with E-state index in [1.165, 1.54) is 6.07 Å². The van der Waals surface area contributed by atoms with E-state index in [1.54, 1.807) is 25.1 Å². The Morgan fingerprint density at radius 3 is 1.82 bits per heavy atom. The first-order valence-corrected chi connectivity index (χ1v) is 17.3. The second-order valence-electron chi connectivity index (χ2n) is 13.4. The number of nitrogens with zero attached hydrogens (tertiary/aromatic N) is 4. The lowest BCUT2D eigenvalue weighted by Gasteiger charge is -2.26. The van der Waals surface area contributed by atoms with Gasteiger partial charge < -0.3 is 49.0 Å². The molecule has 3 aromatic rings. The van der Waals surface area contributed by atoms with Crippen molar-refractivity contribution in [3.63, 3.8) is 0 Å². The molecule has 15 nitrogen and oxygen atoms in total. The van der Waals surface area contributed by atoms with E-state index in [0.29, 0.717) is 27.9 Å². The predicted octanol–water partition coefficient (Wildman–Crippen LogP) is 4.16. The van der Waals surface area contributed by atoms with Crippen molar-refractivity contribution >= 4 is 51.9 Å². The summed E-state index contributed by atoms with van der Waals surface area (Å²) >= 11 is 0. The van der Waals surface area contributed by atoms with Crippen molar-refractivity contribution in [2.24, 2.45) is 0 Å². The molecule has 0 atom stereocenters. The number of aliphatic carboxylic acids is 4. The molecule has 0 saturated heterocycles. The Labute approximate surface area is 320 Å². The Bertz CT molecular complexity index is 2320. The third-order valence-electron chi connectivity index (χ3n) is 8.74. The molecule has 0 amide bonds. The van der Waals surface area contributed by atoms with E-state index in [1.807, 2.05) is 74.1 Å². The van der Waals surface area contributed by atoms with Gasteiger partial charge in [0.1, 0.15) is 82.1 Å². The van der Waals surface area contributed by atoms with Gasteiger partial charge in [-0.2, -0.15) is 0 Å². The number of fused-ring (bicyclic) bond motifs is 2. The number of ether oxygens (including phenoxy) is 2. The zero-order valence-corrected chi connectivity index (χ0v) is 31.4. The van der Waals surface area contributed by atoms with Crippen LogP contribution in [0.2, 0.25) is 0 Å². The van der Waals surface area contributed by atoms with Gasteiger partial charge in [0, 0.05) is 60.1 Å². The molecular formula is C40H42FN4O11+. The van der Waals surface area contributed by atoms with Gasteiger partial charge in [-0.05, 0) is 48.9 Å². The number of halogens is 1. The molecule has 4 N–H and O–H groups in total. The smallest absolute Gasteiger partial charge is 0.323 e. The summed E-state index contributed by atoms with van der Waals surface area (Å²) in [6.45, 7) is -1.46. The molecule has 16 heteroatoms. The molecule has 56 heavy (non-hydrogen) atoms. The summed E-state index contributed by atoms with van der Waals surface area (Å²) in [6.07, 6.45) is 0. The minimum Gasteiger partial charge on any atom is -0.488 e. The fourth-order valence-electron chi connectivity index (χ4n) is 6.22. The minimum atomic E-state index is -1.36. The quantitative estimate of drug-likeness (QED) is 0.0598. The van der Waals surface area contributed by atoms with E-state index < -0.39 is 55.9 Å². The number of carbonyl (C=O) groups is 4. The maximum absolute atomic E-state index is 16.6. The molecule has 1 aliphatic carbocycles. The first-order valence-electron chi connectivity index (χ1n) is 17.3. The van der Waals surface area contributed by atoms with Gasteiger partial charge >= 0.3 is 23.9 Å². The summed E-state index contributed by atoms with van der Waals surface area (Å²) in [5.41, 5.74) is 3.18. The lowest BCUT2D eigenvalue weighted by atomic mass is 9.92. The molecule has 0 spiro atoms. The summed E-state index contributed by atoms with van der Waals surface area (Å²) in [4.78, 5) is 50.8. The van der Waals surface area contributed by atoms with Crippen molar-refractivity contribution in [3.05, 3.63) is 83.5 Å². The molecule has 3 aromatic carbocycles. The standard InChI is InChI=1S/C40H41FN4O11/c1-23-6-11-30(44(19-36(46)47)20-37(48)49)34(14-23)54-12-13-55-35-17-28(29(41)18-31(35)45(21-38(50)51)22-39(52)53)40-26-9-7-24(42(2)3)15-32(26)56-33-16-25(43(4)5)8-10-27(33)40/h6-11,14-18H,12-13,19-22H2,1-5H3,(H3-,46,47,48,49,50,51,52,53)/p+1. The van der Waals surface area contributed by atoms with Crippen molar-refractivity contribution in [3.8, 4) is 33.9 Å². The van der Waals surface area contributed by atoms with E-state index in [0.717, 1.165) is 32.5 Å².